The number of likely N-dealkylation sites (N-methyl/N-ethyl adjacent to an activating group) is 1. The van der Waals surface area contributed by atoms with Crippen molar-refractivity contribution < 1.29 is 58.1 Å². The molecule has 0 amide bonds. The van der Waals surface area contributed by atoms with Gasteiger partial charge in [0, 0.05) is 11.8 Å². The molecule has 3 N–H and O–H groups in total. The molecule has 13 heteroatoms. The van der Waals surface area contributed by atoms with Crippen LogP contribution < -0.4 is 0 Å². The van der Waals surface area contributed by atoms with Crippen molar-refractivity contribution in [2.24, 2.45) is 23.7 Å². The number of esters is 1. The number of hydrogen-bond donors (Lipinski definition) is 3. The highest BCUT2D eigenvalue weighted by Crippen LogP contribution is 2.44. The van der Waals surface area contributed by atoms with Gasteiger partial charge in [0.25, 0.3) is 0 Å². The Hall–Kier alpha value is -1.58. The van der Waals surface area contributed by atoms with Gasteiger partial charge in [0.05, 0.1) is 55.2 Å². The number of aliphatic hydroxyl groups is 3. The molecule has 0 aromatic carbocycles. The molecular weight excluding hydrogens is 614 g/mol. The number of rotatable bonds is 5. The van der Waals surface area contributed by atoms with E-state index in [1.165, 1.54) is 7.11 Å². The Balaban J connectivity index is 2.12. The molecule has 0 radical (unpaired) electrons. The molecule has 47 heavy (non-hydrogen) atoms. The van der Waals surface area contributed by atoms with Gasteiger partial charge in [-0.1, -0.05) is 27.7 Å². The van der Waals surface area contributed by atoms with Gasteiger partial charge in [-0.15, -0.1) is 0 Å². The third-order valence-corrected chi connectivity index (χ3v) is 10.4. The molecule has 3 fully saturated rings. The zero-order valence-electron chi connectivity index (χ0n) is 30.6. The molecule has 3 aliphatic rings. The van der Waals surface area contributed by atoms with Gasteiger partial charge in [0.2, 0.25) is 0 Å². The smallest absolute Gasteiger partial charge is 0.459 e. The van der Waals surface area contributed by atoms with Gasteiger partial charge in [-0.3, -0.25) is 4.79 Å². The van der Waals surface area contributed by atoms with E-state index in [-0.39, 0.29) is 30.4 Å². The summed E-state index contributed by atoms with van der Waals surface area (Å²) in [5, 5.41) is 35.9. The monoisotopic (exact) mass is 675 g/mol. The second-order valence-electron chi connectivity index (χ2n) is 15.3. The van der Waals surface area contributed by atoms with Crippen LogP contribution in [0.1, 0.15) is 88.5 Å². The van der Waals surface area contributed by atoms with Crippen LogP contribution in [0.15, 0.2) is 0 Å². The highest BCUT2D eigenvalue weighted by Gasteiger charge is 2.56. The minimum atomic E-state index is -1.63. The van der Waals surface area contributed by atoms with Crippen LogP contribution >= 0.6 is 0 Å². The largest absolute Gasteiger partial charge is 0.508 e. The number of hydrogen-bond acceptors (Lipinski definition) is 13. The first-order chi connectivity index (χ1) is 21.6. The summed E-state index contributed by atoms with van der Waals surface area (Å²) in [6.07, 6.45) is -6.97. The van der Waals surface area contributed by atoms with Gasteiger partial charge in [0.15, 0.2) is 18.2 Å². The van der Waals surface area contributed by atoms with Crippen LogP contribution in [0.2, 0.25) is 0 Å². The minimum absolute atomic E-state index is 0.145. The van der Waals surface area contributed by atoms with Crippen molar-refractivity contribution >= 4 is 12.1 Å². The number of ether oxygens (including phenoxy) is 7. The van der Waals surface area contributed by atoms with E-state index < -0.39 is 83.9 Å². The Labute approximate surface area is 280 Å². The predicted octanol–water partition coefficient (Wildman–Crippen LogP) is 3.24. The van der Waals surface area contributed by atoms with Crippen LogP contribution in [0.4, 0.5) is 4.79 Å². The highest BCUT2D eigenvalue weighted by molar-refractivity contribution is 5.73. The van der Waals surface area contributed by atoms with Crippen LogP contribution in [0.25, 0.3) is 0 Å². The first-order valence-electron chi connectivity index (χ1n) is 17.0. The van der Waals surface area contributed by atoms with Crippen molar-refractivity contribution in [2.45, 2.75) is 161 Å². The molecule has 15 atom stereocenters. The number of nitrogens with zero attached hydrogens (tertiary/aromatic N) is 1. The van der Waals surface area contributed by atoms with E-state index in [1.807, 2.05) is 46.7 Å². The second kappa shape index (κ2) is 15.1. The summed E-state index contributed by atoms with van der Waals surface area (Å²) < 4.78 is 42.0. The maximum Gasteiger partial charge on any atom is 0.508 e. The molecular formula is C34H61NO12. The Morgan fingerprint density at radius 1 is 1.02 bits per heavy atom. The Morgan fingerprint density at radius 3 is 2.19 bits per heavy atom. The van der Waals surface area contributed by atoms with Crippen molar-refractivity contribution in [3.05, 3.63) is 0 Å². The zero-order valence-corrected chi connectivity index (χ0v) is 30.6. The normalized spacial score (nSPS) is 46.7. The number of carbonyl (C=O) groups excluding carboxylic acids is 2. The van der Waals surface area contributed by atoms with E-state index in [0.29, 0.717) is 12.8 Å². The van der Waals surface area contributed by atoms with Crippen molar-refractivity contribution in [2.75, 3.05) is 21.2 Å². The molecule has 0 aliphatic carbocycles. The lowest BCUT2D eigenvalue weighted by atomic mass is 9.72. The number of carbonyl (C=O) groups is 2. The SMILES string of the molecule is CC[C@H]1OC(=O)[C@H](C)[C@@H](O)[C@H](C)[C@@H](O[C@@H]2O[C@H](C)C[C@H](N(C)C)[C@H]2OC(=O)OC)[C@](C)(O)C[C@@H](C)[C@@H]2OC(C)(C)O[C@@H]([C@@H]2C)[C@]1(C)O. The van der Waals surface area contributed by atoms with Crippen LogP contribution in [0, 0.1) is 23.7 Å². The maximum atomic E-state index is 13.6. The minimum Gasteiger partial charge on any atom is -0.459 e. The lowest BCUT2D eigenvalue weighted by Gasteiger charge is -2.53. The lowest BCUT2D eigenvalue weighted by Crippen LogP contribution is -2.64. The molecule has 3 heterocycles. The van der Waals surface area contributed by atoms with Crippen LogP contribution in [0.3, 0.4) is 0 Å². The lowest BCUT2D eigenvalue weighted by molar-refractivity contribution is -0.360. The van der Waals surface area contributed by atoms with Crippen molar-refractivity contribution in [1.82, 2.24) is 4.90 Å². The van der Waals surface area contributed by atoms with E-state index in [1.54, 1.807) is 41.5 Å². The first-order valence-corrected chi connectivity index (χ1v) is 17.0. The highest BCUT2D eigenvalue weighted by atomic mass is 16.8. The standard InChI is InChI=1S/C34H61NO12/c1-14-23-34(10,40)28-21(6)25(46-32(7,8)47-28)17(2)16-33(9,39)27(19(4)24(36)20(5)29(37)43-23)45-30-26(44-31(38)41-13)22(35(11)12)15-18(3)42-30/h17-28,30,36,39-40H,14-16H2,1-13H3/t17-,18-,19+,20-,21-,22+,23-,24+,25+,26-,27-,28+,30+,33-,34-/m1/s1. The summed E-state index contributed by atoms with van der Waals surface area (Å²) >= 11 is 0. The Morgan fingerprint density at radius 2 is 1.64 bits per heavy atom. The summed E-state index contributed by atoms with van der Waals surface area (Å²) in [7, 11) is 4.93. The molecule has 0 unspecified atom stereocenters. The molecule has 3 saturated heterocycles. The van der Waals surface area contributed by atoms with Gasteiger partial charge in [0.1, 0.15) is 11.7 Å². The topological polar surface area (TPSA) is 163 Å². The van der Waals surface area contributed by atoms with Crippen molar-refractivity contribution in [1.29, 1.82) is 0 Å². The molecule has 2 bridgehead atoms. The summed E-state index contributed by atoms with van der Waals surface area (Å²) in [6, 6.07) is -0.311. The Bertz CT molecular complexity index is 1070. The van der Waals surface area contributed by atoms with Crippen LogP contribution in [-0.4, -0.2) is 126 Å². The third kappa shape index (κ3) is 8.78. The average molecular weight is 676 g/mol. The first kappa shape index (κ1) is 39.9. The van der Waals surface area contributed by atoms with Gasteiger partial charge in [-0.2, -0.15) is 0 Å². The summed E-state index contributed by atoms with van der Waals surface area (Å²) in [6.45, 7) is 17.6. The van der Waals surface area contributed by atoms with E-state index in [0.717, 1.165) is 0 Å². The van der Waals surface area contributed by atoms with Gasteiger partial charge < -0.3 is 53.4 Å². The van der Waals surface area contributed by atoms with Crippen molar-refractivity contribution in [3.63, 3.8) is 0 Å². The zero-order chi connectivity index (χ0) is 35.8. The third-order valence-electron chi connectivity index (χ3n) is 10.4. The molecule has 0 saturated carbocycles. The van der Waals surface area contributed by atoms with E-state index in [4.69, 9.17) is 33.2 Å². The molecule has 274 valence electrons. The number of fused-ring (bicyclic) bond motifs is 2. The molecule has 13 nitrogen and oxygen atoms in total. The number of methoxy groups -OCH3 is 1. The van der Waals surface area contributed by atoms with E-state index in [9.17, 15) is 24.9 Å². The fraction of sp³-hybridized carbons (Fsp3) is 0.941. The fourth-order valence-corrected chi connectivity index (χ4v) is 7.95. The van der Waals surface area contributed by atoms with Gasteiger partial charge in [-0.05, 0) is 80.8 Å². The van der Waals surface area contributed by atoms with Crippen molar-refractivity contribution in [3.8, 4) is 0 Å². The molecule has 0 spiro atoms. The quantitative estimate of drug-likeness (QED) is 0.365. The predicted molar refractivity (Wildman–Crippen MR) is 171 cm³/mol. The number of aliphatic hydroxyl groups excluding tert-OH is 1. The van der Waals surface area contributed by atoms with E-state index in [2.05, 4.69) is 0 Å². The summed E-state index contributed by atoms with van der Waals surface area (Å²) in [5.74, 6) is -4.39. The molecule has 0 aromatic rings. The average Bonchev–Trinajstić information content (AvgIpc) is 2.97. The molecule has 3 aliphatic heterocycles. The molecule has 3 rings (SSSR count). The molecule has 0 aromatic heterocycles. The van der Waals surface area contributed by atoms with Crippen LogP contribution in [0.5, 0.6) is 0 Å². The maximum absolute atomic E-state index is 13.6. The number of cyclic esters (lactones) is 1. The summed E-state index contributed by atoms with van der Waals surface area (Å²) in [4.78, 5) is 27.9. The second-order valence-corrected chi connectivity index (χ2v) is 15.3. The van der Waals surface area contributed by atoms with Gasteiger partial charge >= 0.3 is 12.1 Å². The summed E-state index contributed by atoms with van der Waals surface area (Å²) in [5.41, 5.74) is -3.22. The Kier molecular flexibility index (Phi) is 12.8. The van der Waals surface area contributed by atoms with Gasteiger partial charge in [-0.25, -0.2) is 4.79 Å². The van der Waals surface area contributed by atoms with E-state index >= 15 is 0 Å². The fourth-order valence-electron chi connectivity index (χ4n) is 7.95. The van der Waals surface area contributed by atoms with Crippen LogP contribution in [-0.2, 0) is 38.0 Å².